The van der Waals surface area contributed by atoms with Gasteiger partial charge in [-0.2, -0.15) is 0 Å². The van der Waals surface area contributed by atoms with Crippen LogP contribution in [0.5, 0.6) is 0 Å². The highest BCUT2D eigenvalue weighted by molar-refractivity contribution is 5.61. The molecule has 1 rings (SSSR count). The Balaban J connectivity index is 2.72. The first kappa shape index (κ1) is 10.9. The van der Waals surface area contributed by atoms with Crippen LogP contribution in [0.15, 0.2) is 5.28 Å². The van der Waals surface area contributed by atoms with E-state index in [9.17, 15) is 10.4 Å². The Morgan fingerprint density at radius 3 is 2.50 bits per heavy atom. The van der Waals surface area contributed by atoms with Crippen molar-refractivity contribution in [2.45, 2.75) is 19.4 Å². The summed E-state index contributed by atoms with van der Waals surface area (Å²) in [6, 6.07) is 0. The number of hydroxylamine groups is 1. The van der Waals surface area contributed by atoms with Gasteiger partial charge in [-0.25, -0.2) is 4.58 Å². The normalized spacial score (nSPS) is 19.6. The summed E-state index contributed by atoms with van der Waals surface area (Å²) < 4.78 is 7.13. The Bertz CT molecular complexity index is 253. The molecule has 0 N–H and O–H groups in total. The Morgan fingerprint density at radius 1 is 1.43 bits per heavy atom. The first-order chi connectivity index (χ1) is 6.56. The van der Waals surface area contributed by atoms with Gasteiger partial charge in [0.2, 0.25) is 6.21 Å². The van der Waals surface area contributed by atoms with Gasteiger partial charge >= 0.3 is 0 Å². The van der Waals surface area contributed by atoms with Gasteiger partial charge in [0.05, 0.1) is 0 Å². The van der Waals surface area contributed by atoms with Crippen molar-refractivity contribution in [3.63, 3.8) is 0 Å². The molecule has 0 amide bonds. The lowest BCUT2D eigenvalue weighted by Crippen LogP contribution is -2.40. The maximum atomic E-state index is 11.1. The molecule has 0 spiro atoms. The molecule has 0 atom stereocenters. The van der Waals surface area contributed by atoms with Crippen molar-refractivity contribution in [3.8, 4) is 0 Å². The lowest BCUT2D eigenvalue weighted by atomic mass is 10.1. The van der Waals surface area contributed by atoms with Crippen molar-refractivity contribution in [1.29, 1.82) is 0 Å². The van der Waals surface area contributed by atoms with Gasteiger partial charge in [0.25, 0.3) is 5.54 Å². The SMILES string of the molecule is CC(C)(C=[N+]1CCOCC1)/[N+]([O-])=N/[O-]. The molecule has 0 saturated carbocycles. The molecule has 0 unspecified atom stereocenters. The summed E-state index contributed by atoms with van der Waals surface area (Å²) in [6.45, 7) is 6.10. The number of ether oxygens (including phenoxy) is 1. The molecule has 1 fully saturated rings. The van der Waals surface area contributed by atoms with Crippen LogP contribution in [0.1, 0.15) is 13.8 Å². The highest BCUT2D eigenvalue weighted by Gasteiger charge is 2.31. The third-order valence-corrected chi connectivity index (χ3v) is 2.11. The molecular weight excluding hydrogens is 186 g/mol. The maximum absolute atomic E-state index is 11.1. The minimum absolute atomic E-state index is 0.169. The first-order valence-corrected chi connectivity index (χ1v) is 4.55. The average molecular weight is 201 g/mol. The molecule has 6 heteroatoms. The summed E-state index contributed by atoms with van der Waals surface area (Å²) in [6.07, 6.45) is 1.73. The van der Waals surface area contributed by atoms with Gasteiger partial charge in [0.1, 0.15) is 13.2 Å². The van der Waals surface area contributed by atoms with Crippen molar-refractivity contribution in [3.05, 3.63) is 10.4 Å². The minimum atomic E-state index is -0.890. The summed E-state index contributed by atoms with van der Waals surface area (Å²) in [4.78, 5) is 0.169. The standard InChI is InChI=1S/C8H15N3O3/c1-8(2,11(13)9-12)7-10-3-5-14-6-4-10/h7H,3-6H2,1-2H3/b11-9-. The quantitative estimate of drug-likeness (QED) is 0.367. The fourth-order valence-corrected chi connectivity index (χ4v) is 1.31. The predicted molar refractivity (Wildman–Crippen MR) is 50.4 cm³/mol. The van der Waals surface area contributed by atoms with Gasteiger partial charge in [-0.15, -0.1) is 0 Å². The van der Waals surface area contributed by atoms with E-state index >= 15 is 0 Å². The Kier molecular flexibility index (Phi) is 3.40. The Morgan fingerprint density at radius 2 is 2.00 bits per heavy atom. The molecule has 0 aromatic heterocycles. The van der Waals surface area contributed by atoms with Crippen LogP contribution in [0.2, 0.25) is 0 Å². The van der Waals surface area contributed by atoms with Crippen LogP contribution in [0, 0.1) is 10.4 Å². The number of rotatable bonds is 2. The fourth-order valence-electron chi connectivity index (χ4n) is 1.31. The van der Waals surface area contributed by atoms with Crippen LogP contribution >= 0.6 is 0 Å². The Labute approximate surface area is 82.7 Å². The monoisotopic (exact) mass is 201 g/mol. The van der Waals surface area contributed by atoms with Crippen LogP contribution in [0.25, 0.3) is 0 Å². The van der Waals surface area contributed by atoms with Crippen molar-refractivity contribution >= 4 is 6.21 Å². The molecule has 0 bridgehead atoms. The number of hydrogen-bond donors (Lipinski definition) is 0. The average Bonchev–Trinajstić information content (AvgIpc) is 2.17. The van der Waals surface area contributed by atoms with Crippen LogP contribution in [0.3, 0.4) is 0 Å². The van der Waals surface area contributed by atoms with E-state index in [1.165, 1.54) is 0 Å². The molecule has 0 radical (unpaired) electrons. The third kappa shape index (κ3) is 2.66. The summed E-state index contributed by atoms with van der Waals surface area (Å²) >= 11 is 0. The molecule has 1 heterocycles. The maximum Gasteiger partial charge on any atom is 0.267 e. The summed E-state index contributed by atoms with van der Waals surface area (Å²) in [5.74, 6) is 0. The molecule has 1 aliphatic rings. The lowest BCUT2D eigenvalue weighted by molar-refractivity contribution is -0.602. The molecule has 80 valence electrons. The highest BCUT2D eigenvalue weighted by atomic mass is 16.6. The summed E-state index contributed by atoms with van der Waals surface area (Å²) in [5.41, 5.74) is -0.890. The Hall–Kier alpha value is -1.17. The van der Waals surface area contributed by atoms with Crippen molar-refractivity contribution in [1.82, 2.24) is 0 Å². The molecule has 0 aromatic rings. The number of hydrogen-bond acceptors (Lipinski definition) is 4. The zero-order valence-electron chi connectivity index (χ0n) is 8.47. The van der Waals surface area contributed by atoms with Crippen LogP contribution < -0.4 is 0 Å². The van der Waals surface area contributed by atoms with Crippen molar-refractivity contribution < 1.29 is 14.2 Å². The molecular formula is C8H15N3O3. The highest BCUT2D eigenvalue weighted by Crippen LogP contribution is 2.05. The van der Waals surface area contributed by atoms with E-state index in [1.807, 2.05) is 4.58 Å². The van der Waals surface area contributed by atoms with Gasteiger partial charge in [-0.05, 0) is 5.28 Å². The number of morpholine rings is 1. The lowest BCUT2D eigenvalue weighted by Gasteiger charge is -2.18. The number of nitrogens with zero attached hydrogens (tertiary/aromatic N) is 3. The summed E-state index contributed by atoms with van der Waals surface area (Å²) in [7, 11) is 0. The van der Waals surface area contributed by atoms with Crippen LogP contribution in [0.4, 0.5) is 0 Å². The molecule has 1 saturated heterocycles. The first-order valence-electron chi connectivity index (χ1n) is 4.55. The van der Waals surface area contributed by atoms with E-state index < -0.39 is 5.54 Å². The predicted octanol–water partition coefficient (Wildman–Crippen LogP) is 0.339. The topological polar surface area (TPSA) is 73.7 Å². The summed E-state index contributed by atoms with van der Waals surface area (Å²) in [5, 5.41) is 23.5. The second kappa shape index (κ2) is 4.36. The zero-order valence-corrected chi connectivity index (χ0v) is 8.47. The van der Waals surface area contributed by atoms with Crippen molar-refractivity contribution in [2.24, 2.45) is 5.28 Å². The zero-order chi connectivity index (χ0) is 10.6. The van der Waals surface area contributed by atoms with Crippen molar-refractivity contribution in [2.75, 3.05) is 26.3 Å². The third-order valence-electron chi connectivity index (χ3n) is 2.11. The van der Waals surface area contributed by atoms with Gasteiger partial charge in [-0.1, -0.05) is 4.86 Å². The van der Waals surface area contributed by atoms with Crippen LogP contribution in [-0.2, 0) is 4.74 Å². The minimum Gasteiger partial charge on any atom is -0.739 e. The van der Waals surface area contributed by atoms with Crippen LogP contribution in [-0.4, -0.2) is 47.5 Å². The van der Waals surface area contributed by atoms with E-state index in [2.05, 4.69) is 5.28 Å². The smallest absolute Gasteiger partial charge is 0.267 e. The fraction of sp³-hybridized carbons (Fsp3) is 0.875. The van der Waals surface area contributed by atoms with E-state index in [0.29, 0.717) is 13.2 Å². The largest absolute Gasteiger partial charge is 0.739 e. The molecule has 14 heavy (non-hydrogen) atoms. The van der Waals surface area contributed by atoms with E-state index in [0.717, 1.165) is 13.1 Å². The van der Waals surface area contributed by atoms with E-state index in [1.54, 1.807) is 20.1 Å². The molecule has 1 aliphatic heterocycles. The van der Waals surface area contributed by atoms with E-state index in [4.69, 9.17) is 4.74 Å². The van der Waals surface area contributed by atoms with Gasteiger partial charge in [0, 0.05) is 13.8 Å². The van der Waals surface area contributed by atoms with E-state index in [-0.39, 0.29) is 4.86 Å². The van der Waals surface area contributed by atoms with Gasteiger partial charge in [-0.3, -0.25) is 0 Å². The molecule has 0 aliphatic carbocycles. The molecule has 6 nitrogen and oxygen atoms in total. The van der Waals surface area contributed by atoms with Gasteiger partial charge in [0.15, 0.2) is 13.1 Å². The second-order valence-electron chi connectivity index (χ2n) is 3.79. The van der Waals surface area contributed by atoms with Gasteiger partial charge < -0.3 is 15.2 Å². The molecule has 0 aromatic carbocycles. The second-order valence-corrected chi connectivity index (χ2v) is 3.79.